The van der Waals surface area contributed by atoms with Gasteiger partial charge in [-0.3, -0.25) is 0 Å². The van der Waals surface area contributed by atoms with Crippen LogP contribution in [0.2, 0.25) is 0 Å². The van der Waals surface area contributed by atoms with E-state index in [0.717, 1.165) is 15.7 Å². The molecule has 0 saturated carbocycles. The van der Waals surface area contributed by atoms with Crippen molar-refractivity contribution in [3.05, 3.63) is 34.3 Å². The molecule has 3 N–H and O–H groups in total. The highest BCUT2D eigenvalue weighted by molar-refractivity contribution is 9.10. The summed E-state index contributed by atoms with van der Waals surface area (Å²) in [4.78, 5) is 11.2. The van der Waals surface area contributed by atoms with Crippen LogP contribution in [0, 0.1) is 0 Å². The first-order valence-electron chi connectivity index (χ1n) is 5.23. The van der Waals surface area contributed by atoms with E-state index in [-0.39, 0.29) is 5.11 Å². The predicted octanol–water partition coefficient (Wildman–Crippen LogP) is 2.68. The molecule has 1 aromatic rings. The highest BCUT2D eigenvalue weighted by Crippen LogP contribution is 2.22. The summed E-state index contributed by atoms with van der Waals surface area (Å²) in [6.45, 7) is 2.10. The Bertz CT molecular complexity index is 489. The number of rotatable bonds is 4. The van der Waals surface area contributed by atoms with E-state index < -0.39 is 5.97 Å². The molecule has 96 valence electrons. The first-order valence-corrected chi connectivity index (χ1v) is 6.44. The number of anilines is 1. The van der Waals surface area contributed by atoms with Gasteiger partial charge in [-0.25, -0.2) is 4.79 Å². The lowest BCUT2D eigenvalue weighted by Gasteiger charge is -2.08. The summed E-state index contributed by atoms with van der Waals surface area (Å²) in [6.07, 6.45) is 3.00. The van der Waals surface area contributed by atoms with Crippen LogP contribution in [-0.4, -0.2) is 17.7 Å². The molecule has 0 aliphatic carbocycles. The minimum absolute atomic E-state index is 0.170. The number of carbonyl (C=O) groups excluding carboxylic acids is 1. The van der Waals surface area contributed by atoms with Crippen molar-refractivity contribution in [2.45, 2.75) is 6.92 Å². The van der Waals surface area contributed by atoms with Crippen molar-refractivity contribution in [2.75, 3.05) is 11.9 Å². The molecule has 0 fully saturated rings. The summed E-state index contributed by atoms with van der Waals surface area (Å²) >= 11 is 8.14. The van der Waals surface area contributed by atoms with Gasteiger partial charge in [0, 0.05) is 16.2 Å². The van der Waals surface area contributed by atoms with Gasteiger partial charge in [0.1, 0.15) is 0 Å². The Morgan fingerprint density at radius 2 is 2.33 bits per heavy atom. The largest absolute Gasteiger partial charge is 0.463 e. The first-order chi connectivity index (χ1) is 8.52. The molecule has 0 bridgehead atoms. The van der Waals surface area contributed by atoms with Crippen molar-refractivity contribution in [2.24, 2.45) is 5.73 Å². The van der Waals surface area contributed by atoms with E-state index in [1.807, 2.05) is 18.2 Å². The fourth-order valence-corrected chi connectivity index (χ4v) is 1.75. The number of thiocarbonyl (C=S) groups is 1. The van der Waals surface area contributed by atoms with E-state index in [4.69, 9.17) is 22.7 Å². The molecule has 6 heteroatoms. The second-order valence-corrected chi connectivity index (χ2v) is 4.66. The van der Waals surface area contributed by atoms with Crippen molar-refractivity contribution in [3.63, 3.8) is 0 Å². The van der Waals surface area contributed by atoms with Crippen molar-refractivity contribution >= 4 is 51.0 Å². The molecule has 4 nitrogen and oxygen atoms in total. The Morgan fingerprint density at radius 3 is 2.94 bits per heavy atom. The standard InChI is InChI=1S/C12H13BrN2O2S/c1-2-17-11(16)6-3-8-7-9(13)4-5-10(8)15-12(14)18/h3-7H,2H2,1H3,(H3,14,15,18). The molecule has 0 spiro atoms. The zero-order chi connectivity index (χ0) is 13.5. The van der Waals surface area contributed by atoms with Crippen LogP contribution >= 0.6 is 28.1 Å². The van der Waals surface area contributed by atoms with Gasteiger partial charge in [0.2, 0.25) is 0 Å². The van der Waals surface area contributed by atoms with Gasteiger partial charge in [-0.1, -0.05) is 15.9 Å². The summed E-state index contributed by atoms with van der Waals surface area (Å²) in [7, 11) is 0. The highest BCUT2D eigenvalue weighted by atomic mass is 79.9. The maximum atomic E-state index is 11.2. The number of ether oxygens (including phenoxy) is 1. The zero-order valence-electron chi connectivity index (χ0n) is 9.77. The van der Waals surface area contributed by atoms with Crippen LogP contribution in [0.3, 0.4) is 0 Å². The normalized spacial score (nSPS) is 10.3. The Hall–Kier alpha value is -1.40. The number of hydrogen-bond acceptors (Lipinski definition) is 3. The van der Waals surface area contributed by atoms with Crippen LogP contribution in [0.5, 0.6) is 0 Å². The quantitative estimate of drug-likeness (QED) is 0.505. The Balaban J connectivity index is 2.94. The van der Waals surface area contributed by atoms with Gasteiger partial charge < -0.3 is 15.8 Å². The van der Waals surface area contributed by atoms with E-state index in [1.54, 1.807) is 13.0 Å². The average molecular weight is 329 g/mol. The summed E-state index contributed by atoms with van der Waals surface area (Å²) in [5.41, 5.74) is 6.94. The smallest absolute Gasteiger partial charge is 0.330 e. The number of nitrogens with two attached hydrogens (primary N) is 1. The number of esters is 1. The molecule has 0 aromatic heterocycles. The van der Waals surface area contributed by atoms with Crippen molar-refractivity contribution in [3.8, 4) is 0 Å². The van der Waals surface area contributed by atoms with Crippen LogP contribution in [0.25, 0.3) is 6.08 Å². The molecule has 18 heavy (non-hydrogen) atoms. The van der Waals surface area contributed by atoms with Crippen LogP contribution in [0.4, 0.5) is 5.69 Å². The number of benzene rings is 1. The summed E-state index contributed by atoms with van der Waals surface area (Å²) in [5.74, 6) is -0.390. The lowest BCUT2D eigenvalue weighted by molar-refractivity contribution is -0.137. The maximum absolute atomic E-state index is 11.2. The molecule has 0 radical (unpaired) electrons. The topological polar surface area (TPSA) is 64.3 Å². The summed E-state index contributed by atoms with van der Waals surface area (Å²) in [6, 6.07) is 5.51. The summed E-state index contributed by atoms with van der Waals surface area (Å²) in [5, 5.41) is 3.01. The number of carbonyl (C=O) groups is 1. The van der Waals surface area contributed by atoms with Crippen LogP contribution in [-0.2, 0) is 9.53 Å². The minimum atomic E-state index is -0.390. The lowest BCUT2D eigenvalue weighted by Crippen LogP contribution is -2.19. The van der Waals surface area contributed by atoms with Gasteiger partial charge in [0.25, 0.3) is 0 Å². The van der Waals surface area contributed by atoms with Gasteiger partial charge in [-0.2, -0.15) is 0 Å². The second-order valence-electron chi connectivity index (χ2n) is 3.31. The van der Waals surface area contributed by atoms with E-state index in [9.17, 15) is 4.79 Å². The lowest BCUT2D eigenvalue weighted by atomic mass is 10.1. The molecular formula is C12H13BrN2O2S. The fraction of sp³-hybridized carbons (Fsp3) is 0.167. The van der Waals surface area contributed by atoms with Crippen LogP contribution in [0.15, 0.2) is 28.7 Å². The van der Waals surface area contributed by atoms with Gasteiger partial charge in [0.15, 0.2) is 5.11 Å². The SMILES string of the molecule is CCOC(=O)C=Cc1cc(Br)ccc1NC(N)=S. The Morgan fingerprint density at radius 1 is 1.61 bits per heavy atom. The van der Waals surface area contributed by atoms with Crippen molar-refractivity contribution in [1.82, 2.24) is 0 Å². The zero-order valence-corrected chi connectivity index (χ0v) is 12.2. The number of halogens is 1. The Labute approximate surface area is 119 Å². The van der Waals surface area contributed by atoms with Gasteiger partial charge >= 0.3 is 5.97 Å². The molecule has 0 heterocycles. The molecule has 0 aliphatic rings. The molecular weight excluding hydrogens is 316 g/mol. The average Bonchev–Trinajstić information content (AvgIpc) is 2.29. The fourth-order valence-electron chi connectivity index (χ4n) is 1.27. The third kappa shape index (κ3) is 4.85. The molecule has 0 amide bonds. The van der Waals surface area contributed by atoms with Gasteiger partial charge in [-0.05, 0) is 49.0 Å². The van der Waals surface area contributed by atoms with Gasteiger partial charge in [-0.15, -0.1) is 0 Å². The third-order valence-electron chi connectivity index (χ3n) is 1.96. The van der Waals surface area contributed by atoms with E-state index in [2.05, 4.69) is 21.2 Å². The molecule has 0 saturated heterocycles. The van der Waals surface area contributed by atoms with Crippen molar-refractivity contribution < 1.29 is 9.53 Å². The molecule has 1 aromatic carbocycles. The molecule has 0 atom stereocenters. The predicted molar refractivity (Wildman–Crippen MR) is 80.2 cm³/mol. The van der Waals surface area contributed by atoms with Crippen molar-refractivity contribution in [1.29, 1.82) is 0 Å². The number of nitrogens with one attached hydrogen (secondary N) is 1. The maximum Gasteiger partial charge on any atom is 0.330 e. The van der Waals surface area contributed by atoms with E-state index in [1.165, 1.54) is 6.08 Å². The van der Waals surface area contributed by atoms with E-state index in [0.29, 0.717) is 6.61 Å². The minimum Gasteiger partial charge on any atom is -0.463 e. The number of hydrogen-bond donors (Lipinski definition) is 2. The third-order valence-corrected chi connectivity index (χ3v) is 2.55. The second kappa shape index (κ2) is 7.13. The monoisotopic (exact) mass is 328 g/mol. The van der Waals surface area contributed by atoms with Gasteiger partial charge in [0.05, 0.1) is 6.61 Å². The molecule has 0 unspecified atom stereocenters. The Kier molecular flexibility index (Phi) is 5.80. The van der Waals surface area contributed by atoms with E-state index >= 15 is 0 Å². The first kappa shape index (κ1) is 14.7. The van der Waals surface area contributed by atoms with Crippen LogP contribution < -0.4 is 11.1 Å². The summed E-state index contributed by atoms with van der Waals surface area (Å²) < 4.78 is 5.69. The molecule has 1 rings (SSSR count). The molecule has 0 aliphatic heterocycles. The van der Waals surface area contributed by atoms with Crippen LogP contribution in [0.1, 0.15) is 12.5 Å². The highest BCUT2D eigenvalue weighted by Gasteiger charge is 2.02.